The molecule has 0 spiro atoms. The first-order valence-electron chi connectivity index (χ1n) is 6.42. The van der Waals surface area contributed by atoms with Crippen molar-refractivity contribution in [1.82, 2.24) is 0 Å². The third-order valence-corrected chi connectivity index (χ3v) is 3.15. The number of ether oxygens (including phenoxy) is 1. The zero-order valence-corrected chi connectivity index (χ0v) is 11.3. The van der Waals surface area contributed by atoms with E-state index in [0.29, 0.717) is 0 Å². The van der Waals surface area contributed by atoms with Gasteiger partial charge in [-0.3, -0.25) is 0 Å². The molecule has 10 heteroatoms. The molecule has 3 unspecified atom stereocenters. The number of aliphatic hydroxyl groups excluding tert-OH is 2. The predicted molar refractivity (Wildman–Crippen MR) is 64.9 cm³/mol. The predicted octanol–water partition coefficient (Wildman–Crippen LogP) is 2.11. The molecule has 3 atom stereocenters. The molecular weight excluding hydrogens is 332 g/mol. The summed E-state index contributed by atoms with van der Waals surface area (Å²) in [4.78, 5) is 3.56. The van der Waals surface area contributed by atoms with Gasteiger partial charge in [-0.15, -0.1) is 0 Å². The Hall–Kier alpha value is -1.81. The maximum Gasteiger partial charge on any atom is 0.264 e. The van der Waals surface area contributed by atoms with Gasteiger partial charge in [-0.2, -0.15) is 0 Å². The first-order valence-corrected chi connectivity index (χ1v) is 6.42. The van der Waals surface area contributed by atoms with Crippen LogP contribution < -0.4 is 0 Å². The fourth-order valence-electron chi connectivity index (χ4n) is 2.07. The van der Waals surface area contributed by atoms with Crippen molar-refractivity contribution in [3.8, 4) is 0 Å². The topological polar surface area (TPSA) is 62.0 Å². The van der Waals surface area contributed by atoms with Crippen molar-refractivity contribution < 1.29 is 41.3 Å². The van der Waals surface area contributed by atoms with Crippen LogP contribution in [0.2, 0.25) is 0 Å². The van der Waals surface area contributed by atoms with E-state index in [1.54, 1.807) is 0 Å². The molecule has 0 aliphatic carbocycles. The normalized spacial score (nSPS) is 22.7. The molecule has 0 fully saturated rings. The maximum atomic E-state index is 13.7. The van der Waals surface area contributed by atoms with Gasteiger partial charge in [-0.05, 0) is 0 Å². The lowest BCUT2D eigenvalue weighted by molar-refractivity contribution is -0.0581. The highest BCUT2D eigenvalue weighted by atomic mass is 19.3. The molecule has 0 saturated carbocycles. The third kappa shape index (κ3) is 3.75. The van der Waals surface area contributed by atoms with Gasteiger partial charge in [0.25, 0.3) is 6.43 Å². The largest absolute Gasteiger partial charge is 0.448 e. The maximum absolute atomic E-state index is 13.7. The minimum absolute atomic E-state index is 0.0218. The molecule has 2 rings (SSSR count). The van der Waals surface area contributed by atoms with Crippen molar-refractivity contribution in [1.29, 1.82) is 0 Å². The SMILES string of the molecule is OC1CC(CC(O)C(F)F)N=C(c2c(F)c(F)cc(F)c2F)O1. The van der Waals surface area contributed by atoms with Crippen LogP contribution in [-0.2, 0) is 4.74 Å². The van der Waals surface area contributed by atoms with Gasteiger partial charge in [-0.1, -0.05) is 0 Å². The molecule has 128 valence electrons. The number of hydrogen-bond acceptors (Lipinski definition) is 4. The summed E-state index contributed by atoms with van der Waals surface area (Å²) in [5.74, 6) is -8.00. The average molecular weight is 343 g/mol. The van der Waals surface area contributed by atoms with Crippen LogP contribution in [0.15, 0.2) is 11.1 Å². The van der Waals surface area contributed by atoms with E-state index in [2.05, 4.69) is 9.73 Å². The molecule has 1 aromatic carbocycles. The van der Waals surface area contributed by atoms with Gasteiger partial charge >= 0.3 is 0 Å². The van der Waals surface area contributed by atoms with E-state index in [-0.39, 0.29) is 12.5 Å². The number of alkyl halides is 2. The summed E-state index contributed by atoms with van der Waals surface area (Å²) in [7, 11) is 0. The van der Waals surface area contributed by atoms with Crippen molar-refractivity contribution >= 4 is 5.90 Å². The van der Waals surface area contributed by atoms with E-state index in [0.717, 1.165) is 0 Å². The van der Waals surface area contributed by atoms with Crippen LogP contribution in [0.5, 0.6) is 0 Å². The molecule has 2 N–H and O–H groups in total. The molecule has 0 bridgehead atoms. The van der Waals surface area contributed by atoms with E-state index in [1.165, 1.54) is 0 Å². The second-order valence-electron chi connectivity index (χ2n) is 4.88. The fraction of sp³-hybridized carbons (Fsp3) is 0.462. The van der Waals surface area contributed by atoms with Gasteiger partial charge in [-0.25, -0.2) is 31.3 Å². The van der Waals surface area contributed by atoms with Crippen LogP contribution in [-0.4, -0.2) is 41.0 Å². The van der Waals surface area contributed by atoms with Crippen LogP contribution in [0, 0.1) is 23.3 Å². The number of hydrogen-bond donors (Lipinski definition) is 2. The lowest BCUT2D eigenvalue weighted by atomic mass is 10.0. The summed E-state index contributed by atoms with van der Waals surface area (Å²) >= 11 is 0. The van der Waals surface area contributed by atoms with Gasteiger partial charge in [0.2, 0.25) is 12.2 Å². The average Bonchev–Trinajstić information content (AvgIpc) is 2.44. The van der Waals surface area contributed by atoms with E-state index < -0.39 is 66.0 Å². The van der Waals surface area contributed by atoms with E-state index in [1.807, 2.05) is 0 Å². The Labute approximate surface area is 126 Å². The van der Waals surface area contributed by atoms with Crippen LogP contribution in [0.3, 0.4) is 0 Å². The summed E-state index contributed by atoms with van der Waals surface area (Å²) in [5.41, 5.74) is -1.29. The van der Waals surface area contributed by atoms with Crippen LogP contribution in [0.4, 0.5) is 26.3 Å². The van der Waals surface area contributed by atoms with E-state index >= 15 is 0 Å². The Balaban J connectivity index is 2.40. The molecule has 1 heterocycles. The van der Waals surface area contributed by atoms with Gasteiger partial charge in [0, 0.05) is 18.9 Å². The number of nitrogens with zero attached hydrogens (tertiary/aromatic N) is 1. The lowest BCUT2D eigenvalue weighted by Crippen LogP contribution is -2.34. The highest BCUT2D eigenvalue weighted by molar-refractivity contribution is 5.95. The quantitative estimate of drug-likeness (QED) is 0.650. The summed E-state index contributed by atoms with van der Waals surface area (Å²) < 4.78 is 83.0. The van der Waals surface area contributed by atoms with Crippen LogP contribution in [0.25, 0.3) is 0 Å². The van der Waals surface area contributed by atoms with Crippen molar-refractivity contribution in [3.05, 3.63) is 34.9 Å². The van der Waals surface area contributed by atoms with Crippen molar-refractivity contribution in [3.63, 3.8) is 0 Å². The summed E-state index contributed by atoms with van der Waals surface area (Å²) in [6.07, 6.45) is -7.85. The Morgan fingerprint density at radius 3 is 2.26 bits per heavy atom. The molecule has 0 radical (unpaired) electrons. The Kier molecular flexibility index (Phi) is 5.15. The number of benzene rings is 1. The molecule has 1 aliphatic rings. The minimum Gasteiger partial charge on any atom is -0.448 e. The Morgan fingerprint density at radius 1 is 1.17 bits per heavy atom. The zero-order valence-electron chi connectivity index (χ0n) is 11.3. The number of aliphatic imine (C=N–C) groups is 1. The van der Waals surface area contributed by atoms with E-state index in [4.69, 9.17) is 5.11 Å². The Morgan fingerprint density at radius 2 is 1.74 bits per heavy atom. The van der Waals surface area contributed by atoms with Crippen LogP contribution >= 0.6 is 0 Å². The molecule has 4 nitrogen and oxygen atoms in total. The summed E-state index contributed by atoms with van der Waals surface area (Å²) in [6, 6.07) is -1.20. The first-order chi connectivity index (χ1) is 10.7. The molecule has 1 aliphatic heterocycles. The minimum atomic E-state index is -3.09. The second kappa shape index (κ2) is 6.75. The molecule has 1 aromatic rings. The smallest absolute Gasteiger partial charge is 0.264 e. The standard InChI is InChI=1S/C13H11F6NO3/c14-5-3-6(15)11(17)9(10(5)16)13-20-4(2-8(22)23-13)1-7(21)12(18)19/h3-4,7-8,12,21-22H,1-2H2. The molecular formula is C13H11F6NO3. The molecule has 0 amide bonds. The van der Waals surface area contributed by atoms with Crippen molar-refractivity contribution in [2.75, 3.05) is 0 Å². The Bertz CT molecular complexity index is 598. The van der Waals surface area contributed by atoms with E-state index in [9.17, 15) is 31.4 Å². The molecule has 0 saturated heterocycles. The van der Waals surface area contributed by atoms with Crippen LogP contribution in [0.1, 0.15) is 18.4 Å². The highest BCUT2D eigenvalue weighted by Gasteiger charge is 2.32. The monoisotopic (exact) mass is 343 g/mol. The van der Waals surface area contributed by atoms with Gasteiger partial charge in [0.1, 0.15) is 11.7 Å². The zero-order chi connectivity index (χ0) is 17.3. The van der Waals surface area contributed by atoms with Gasteiger partial charge in [0.15, 0.2) is 23.3 Å². The van der Waals surface area contributed by atoms with Crippen molar-refractivity contribution in [2.45, 2.75) is 37.7 Å². The number of rotatable bonds is 4. The summed E-state index contributed by atoms with van der Waals surface area (Å²) in [5, 5.41) is 18.6. The van der Waals surface area contributed by atoms with Gasteiger partial charge in [0.05, 0.1) is 6.04 Å². The fourth-order valence-corrected chi connectivity index (χ4v) is 2.07. The third-order valence-electron chi connectivity index (χ3n) is 3.15. The molecule has 23 heavy (non-hydrogen) atoms. The lowest BCUT2D eigenvalue weighted by Gasteiger charge is -2.27. The van der Waals surface area contributed by atoms with Crippen molar-refractivity contribution in [2.24, 2.45) is 4.99 Å². The van der Waals surface area contributed by atoms with Gasteiger partial charge < -0.3 is 14.9 Å². The first kappa shape index (κ1) is 17.5. The highest BCUT2D eigenvalue weighted by Crippen LogP contribution is 2.26. The number of halogens is 6. The second-order valence-corrected chi connectivity index (χ2v) is 4.88. The number of aliphatic hydroxyl groups is 2. The summed E-state index contributed by atoms with van der Waals surface area (Å²) in [6.45, 7) is 0. The molecule has 0 aromatic heterocycles.